The van der Waals surface area contributed by atoms with Gasteiger partial charge < -0.3 is 5.32 Å². The van der Waals surface area contributed by atoms with Crippen molar-refractivity contribution in [1.82, 2.24) is 4.31 Å². The summed E-state index contributed by atoms with van der Waals surface area (Å²) in [7, 11) is -0.293. The lowest BCUT2D eigenvalue weighted by Gasteiger charge is -2.12. The van der Waals surface area contributed by atoms with Crippen molar-refractivity contribution in [1.29, 1.82) is 0 Å². The lowest BCUT2D eigenvalue weighted by molar-refractivity contribution is 0.521. The molecule has 0 saturated heterocycles. The van der Waals surface area contributed by atoms with E-state index in [1.807, 2.05) is 0 Å². The van der Waals surface area contributed by atoms with Gasteiger partial charge in [-0.2, -0.15) is 0 Å². The van der Waals surface area contributed by atoms with E-state index in [9.17, 15) is 8.42 Å². The Balaban J connectivity index is 2.08. The van der Waals surface area contributed by atoms with Crippen molar-refractivity contribution in [2.75, 3.05) is 19.4 Å². The summed E-state index contributed by atoms with van der Waals surface area (Å²) >= 11 is 1.72. The Morgan fingerprint density at radius 3 is 2.30 bits per heavy atom. The van der Waals surface area contributed by atoms with Gasteiger partial charge in [-0.25, -0.2) is 12.7 Å². The number of nitrogens with one attached hydrogen (secondary N) is 1. The van der Waals surface area contributed by atoms with E-state index in [0.717, 1.165) is 12.2 Å². The Kier molecular flexibility index (Phi) is 4.47. The molecule has 1 heterocycles. The smallest absolute Gasteiger partial charge is 0.242 e. The van der Waals surface area contributed by atoms with Gasteiger partial charge in [0.15, 0.2) is 0 Å². The number of rotatable bonds is 5. The van der Waals surface area contributed by atoms with Crippen LogP contribution in [0.3, 0.4) is 0 Å². The van der Waals surface area contributed by atoms with Crippen LogP contribution in [-0.4, -0.2) is 26.8 Å². The summed E-state index contributed by atoms with van der Waals surface area (Å²) < 4.78 is 25.1. The first-order valence-corrected chi connectivity index (χ1v) is 8.52. The number of hydrogen-bond acceptors (Lipinski definition) is 4. The molecular formula is C14H18N2O2S2. The molecule has 0 aliphatic carbocycles. The van der Waals surface area contributed by atoms with Gasteiger partial charge in [-0.3, -0.25) is 0 Å². The lowest BCUT2D eigenvalue weighted by atomic mass is 10.2. The quantitative estimate of drug-likeness (QED) is 0.924. The maximum Gasteiger partial charge on any atom is 0.242 e. The van der Waals surface area contributed by atoms with Gasteiger partial charge in [-0.15, -0.1) is 11.3 Å². The van der Waals surface area contributed by atoms with E-state index in [2.05, 4.69) is 23.7 Å². The molecule has 2 rings (SSSR count). The van der Waals surface area contributed by atoms with E-state index in [1.165, 1.54) is 28.8 Å². The predicted octanol–water partition coefficient (Wildman–Crippen LogP) is 2.92. The van der Waals surface area contributed by atoms with Crippen LogP contribution in [0.2, 0.25) is 0 Å². The van der Waals surface area contributed by atoms with E-state index in [1.54, 1.807) is 35.6 Å². The zero-order valence-corrected chi connectivity index (χ0v) is 13.4. The molecule has 0 amide bonds. The van der Waals surface area contributed by atoms with Gasteiger partial charge in [0.2, 0.25) is 10.0 Å². The maximum absolute atomic E-state index is 11.9. The first-order chi connectivity index (χ1) is 9.41. The summed E-state index contributed by atoms with van der Waals surface area (Å²) in [5.74, 6) is 0. The van der Waals surface area contributed by atoms with Gasteiger partial charge in [-0.05, 0) is 48.2 Å². The summed E-state index contributed by atoms with van der Waals surface area (Å²) in [6.45, 7) is 2.84. The molecule has 0 spiro atoms. The number of thiophene rings is 1. The molecule has 0 fully saturated rings. The average molecular weight is 310 g/mol. The maximum atomic E-state index is 11.9. The highest BCUT2D eigenvalue weighted by atomic mass is 32.2. The molecule has 1 N–H and O–H groups in total. The average Bonchev–Trinajstić information content (AvgIpc) is 2.82. The van der Waals surface area contributed by atoms with Crippen LogP contribution in [0, 0.1) is 6.92 Å². The van der Waals surface area contributed by atoms with Crippen molar-refractivity contribution in [3.63, 3.8) is 0 Å². The Morgan fingerprint density at radius 1 is 1.15 bits per heavy atom. The predicted molar refractivity (Wildman–Crippen MR) is 83.7 cm³/mol. The zero-order chi connectivity index (χ0) is 14.8. The molecule has 1 aromatic carbocycles. The lowest BCUT2D eigenvalue weighted by Crippen LogP contribution is -2.22. The first-order valence-electron chi connectivity index (χ1n) is 6.20. The molecule has 0 aliphatic rings. The number of benzene rings is 1. The van der Waals surface area contributed by atoms with Crippen molar-refractivity contribution in [3.8, 4) is 0 Å². The van der Waals surface area contributed by atoms with E-state index < -0.39 is 10.0 Å². The fraction of sp³-hybridized carbons (Fsp3) is 0.286. The molecule has 1 aromatic heterocycles. The summed E-state index contributed by atoms with van der Waals surface area (Å²) in [4.78, 5) is 1.59. The van der Waals surface area contributed by atoms with Gasteiger partial charge in [0, 0.05) is 31.2 Å². The number of aryl methyl sites for hydroxylation is 1. The highest BCUT2D eigenvalue weighted by molar-refractivity contribution is 7.89. The molecule has 0 saturated carbocycles. The van der Waals surface area contributed by atoms with Crippen LogP contribution >= 0.6 is 11.3 Å². The molecule has 0 unspecified atom stereocenters. The molecule has 0 radical (unpaired) electrons. The van der Waals surface area contributed by atoms with E-state index in [0.29, 0.717) is 4.90 Å². The van der Waals surface area contributed by atoms with Crippen LogP contribution in [0.1, 0.15) is 10.4 Å². The minimum Gasteiger partial charge on any atom is -0.380 e. The molecule has 0 atom stereocenters. The van der Waals surface area contributed by atoms with Crippen LogP contribution in [0.25, 0.3) is 0 Å². The van der Waals surface area contributed by atoms with Crippen LogP contribution < -0.4 is 5.32 Å². The van der Waals surface area contributed by atoms with Crippen LogP contribution in [0.5, 0.6) is 0 Å². The SMILES string of the molecule is Cc1ccsc1CNc1ccc(S(=O)(=O)N(C)C)cc1. The summed E-state index contributed by atoms with van der Waals surface area (Å²) in [6, 6.07) is 8.92. The molecule has 0 aliphatic heterocycles. The Labute approximate surface area is 124 Å². The first kappa shape index (κ1) is 15.0. The standard InChI is InChI=1S/C14H18N2O2S2/c1-11-8-9-19-14(11)10-15-12-4-6-13(7-5-12)20(17,18)16(2)3/h4-9,15H,10H2,1-3H3. The highest BCUT2D eigenvalue weighted by Crippen LogP contribution is 2.20. The molecule has 2 aromatic rings. The van der Waals surface area contributed by atoms with E-state index >= 15 is 0 Å². The van der Waals surface area contributed by atoms with Crippen molar-refractivity contribution >= 4 is 27.0 Å². The van der Waals surface area contributed by atoms with Gasteiger partial charge in [0.25, 0.3) is 0 Å². The number of nitrogens with zero attached hydrogens (tertiary/aromatic N) is 1. The number of anilines is 1. The largest absolute Gasteiger partial charge is 0.380 e. The number of hydrogen-bond donors (Lipinski definition) is 1. The molecule has 4 nitrogen and oxygen atoms in total. The third kappa shape index (κ3) is 3.20. The second-order valence-corrected chi connectivity index (χ2v) is 7.84. The fourth-order valence-electron chi connectivity index (χ4n) is 1.72. The third-order valence-electron chi connectivity index (χ3n) is 3.05. The normalized spacial score (nSPS) is 11.8. The van der Waals surface area contributed by atoms with Crippen LogP contribution in [0.15, 0.2) is 40.6 Å². The molecule has 0 bridgehead atoms. The van der Waals surface area contributed by atoms with Crippen LogP contribution in [0.4, 0.5) is 5.69 Å². The minimum absolute atomic E-state index is 0.306. The minimum atomic E-state index is -3.35. The van der Waals surface area contributed by atoms with Crippen molar-refractivity contribution in [2.45, 2.75) is 18.4 Å². The summed E-state index contributed by atoms with van der Waals surface area (Å²) in [5.41, 5.74) is 2.19. The van der Waals surface area contributed by atoms with Gasteiger partial charge >= 0.3 is 0 Å². The fourth-order valence-corrected chi connectivity index (χ4v) is 3.47. The van der Waals surface area contributed by atoms with Crippen molar-refractivity contribution in [2.24, 2.45) is 0 Å². The Hall–Kier alpha value is -1.37. The summed E-state index contributed by atoms with van der Waals surface area (Å²) in [6.07, 6.45) is 0. The number of sulfonamides is 1. The van der Waals surface area contributed by atoms with E-state index in [4.69, 9.17) is 0 Å². The van der Waals surface area contributed by atoms with Gasteiger partial charge in [0.1, 0.15) is 0 Å². The molecule has 6 heteroatoms. The Bertz CT molecular complexity index is 673. The molecule has 20 heavy (non-hydrogen) atoms. The topological polar surface area (TPSA) is 49.4 Å². The van der Waals surface area contributed by atoms with Gasteiger partial charge in [0.05, 0.1) is 4.90 Å². The van der Waals surface area contributed by atoms with Crippen molar-refractivity contribution in [3.05, 3.63) is 46.2 Å². The van der Waals surface area contributed by atoms with Crippen LogP contribution in [-0.2, 0) is 16.6 Å². The Morgan fingerprint density at radius 2 is 1.80 bits per heavy atom. The van der Waals surface area contributed by atoms with Crippen molar-refractivity contribution < 1.29 is 8.42 Å². The van der Waals surface area contributed by atoms with E-state index in [-0.39, 0.29) is 0 Å². The monoisotopic (exact) mass is 310 g/mol. The van der Waals surface area contributed by atoms with Gasteiger partial charge in [-0.1, -0.05) is 0 Å². The highest BCUT2D eigenvalue weighted by Gasteiger charge is 2.16. The summed E-state index contributed by atoms with van der Waals surface area (Å²) in [5, 5.41) is 5.37. The third-order valence-corrected chi connectivity index (χ3v) is 5.91. The second kappa shape index (κ2) is 5.95. The molecule has 108 valence electrons. The second-order valence-electron chi connectivity index (χ2n) is 4.69. The molecular weight excluding hydrogens is 292 g/mol. The zero-order valence-electron chi connectivity index (χ0n) is 11.8.